The molecule has 18 heavy (non-hydrogen) atoms. The van der Waals surface area contributed by atoms with E-state index in [1.165, 1.54) is 0 Å². The van der Waals surface area contributed by atoms with E-state index in [1.807, 2.05) is 20.8 Å². The molecular weight excluding hydrogens is 232 g/mol. The lowest BCUT2D eigenvalue weighted by atomic mass is 9.85. The van der Waals surface area contributed by atoms with Gasteiger partial charge in [0, 0.05) is 18.4 Å². The number of nitrogens with zero attached hydrogens (tertiary/aromatic N) is 2. The summed E-state index contributed by atoms with van der Waals surface area (Å²) >= 11 is 0. The lowest BCUT2D eigenvalue weighted by Gasteiger charge is -2.26. The molecule has 0 bridgehead atoms. The minimum atomic E-state index is -0.205. The van der Waals surface area contributed by atoms with Gasteiger partial charge in [0.25, 0.3) is 0 Å². The average molecular weight is 252 g/mol. The molecule has 1 aromatic rings. The van der Waals surface area contributed by atoms with Crippen LogP contribution in [0, 0.1) is 5.41 Å². The van der Waals surface area contributed by atoms with Crippen molar-refractivity contribution in [3.8, 4) is 0 Å². The van der Waals surface area contributed by atoms with E-state index in [9.17, 15) is 4.79 Å². The third-order valence-electron chi connectivity index (χ3n) is 3.13. The van der Waals surface area contributed by atoms with Crippen molar-refractivity contribution in [1.29, 1.82) is 0 Å². The summed E-state index contributed by atoms with van der Waals surface area (Å²) in [5.74, 6) is 0.814. The molecule has 1 atom stereocenters. The number of nitrogens with one attached hydrogen (secondary N) is 1. The highest BCUT2D eigenvalue weighted by Crippen LogP contribution is 2.39. The van der Waals surface area contributed by atoms with Crippen molar-refractivity contribution in [3.63, 3.8) is 0 Å². The Kier molecular flexibility index (Phi) is 3.38. The van der Waals surface area contributed by atoms with Gasteiger partial charge in [-0.3, -0.25) is 10.1 Å². The SMILES string of the molecule is CC(C)(C)C(N)CC(=O)Nc1nnc(C2CC2)o1. The maximum absolute atomic E-state index is 11.7. The van der Waals surface area contributed by atoms with Gasteiger partial charge in [0.1, 0.15) is 0 Å². The summed E-state index contributed by atoms with van der Waals surface area (Å²) in [5.41, 5.74) is 5.84. The molecule has 0 saturated heterocycles. The predicted octanol–water partition coefficient (Wildman–Crippen LogP) is 1.65. The van der Waals surface area contributed by atoms with Crippen LogP contribution < -0.4 is 11.1 Å². The Bertz CT molecular complexity index is 432. The van der Waals surface area contributed by atoms with Gasteiger partial charge in [-0.15, -0.1) is 5.10 Å². The zero-order valence-electron chi connectivity index (χ0n) is 11.1. The molecule has 1 aliphatic rings. The first-order chi connectivity index (χ1) is 8.36. The number of aromatic nitrogens is 2. The molecule has 0 aliphatic heterocycles. The Morgan fingerprint density at radius 2 is 2.17 bits per heavy atom. The highest BCUT2D eigenvalue weighted by atomic mass is 16.4. The van der Waals surface area contributed by atoms with Gasteiger partial charge in [-0.25, -0.2) is 0 Å². The van der Waals surface area contributed by atoms with Crippen LogP contribution in [-0.2, 0) is 4.79 Å². The minimum absolute atomic E-state index is 0.106. The molecule has 6 nitrogen and oxygen atoms in total. The molecule has 100 valence electrons. The number of amides is 1. The highest BCUT2D eigenvalue weighted by molar-refractivity contribution is 5.88. The smallest absolute Gasteiger partial charge is 0.322 e. The molecule has 1 amide bonds. The predicted molar refractivity (Wildman–Crippen MR) is 67.0 cm³/mol. The standard InChI is InChI=1S/C12H20N4O2/c1-12(2,3)8(13)6-9(17)14-11-16-15-10(18-11)7-4-5-7/h7-8H,4-6,13H2,1-3H3,(H,14,16,17). The molecule has 1 fully saturated rings. The topological polar surface area (TPSA) is 94.0 Å². The zero-order valence-corrected chi connectivity index (χ0v) is 11.1. The molecule has 1 aliphatic carbocycles. The maximum Gasteiger partial charge on any atom is 0.322 e. The molecule has 0 radical (unpaired) electrons. The van der Waals surface area contributed by atoms with E-state index < -0.39 is 0 Å². The van der Waals surface area contributed by atoms with E-state index in [-0.39, 0.29) is 29.8 Å². The lowest BCUT2D eigenvalue weighted by molar-refractivity contribution is -0.117. The second-order valence-electron chi connectivity index (χ2n) is 5.94. The van der Waals surface area contributed by atoms with Crippen molar-refractivity contribution >= 4 is 11.9 Å². The number of hydrogen-bond acceptors (Lipinski definition) is 5. The van der Waals surface area contributed by atoms with Crippen molar-refractivity contribution in [1.82, 2.24) is 10.2 Å². The fourth-order valence-corrected chi connectivity index (χ4v) is 1.46. The van der Waals surface area contributed by atoms with Crippen LogP contribution in [0.15, 0.2) is 4.42 Å². The number of carbonyl (C=O) groups is 1. The molecule has 2 rings (SSSR count). The van der Waals surface area contributed by atoms with Gasteiger partial charge in [-0.05, 0) is 18.3 Å². The quantitative estimate of drug-likeness (QED) is 0.849. The largest absolute Gasteiger partial charge is 0.408 e. The zero-order chi connectivity index (χ0) is 13.3. The summed E-state index contributed by atoms with van der Waals surface area (Å²) in [7, 11) is 0. The lowest BCUT2D eigenvalue weighted by Crippen LogP contribution is -2.38. The summed E-state index contributed by atoms with van der Waals surface area (Å²) in [6, 6.07) is -0.0358. The van der Waals surface area contributed by atoms with Gasteiger partial charge in [0.15, 0.2) is 0 Å². The van der Waals surface area contributed by atoms with Crippen LogP contribution in [0.3, 0.4) is 0 Å². The van der Waals surface area contributed by atoms with Crippen LogP contribution in [0.4, 0.5) is 6.01 Å². The number of anilines is 1. The fraction of sp³-hybridized carbons (Fsp3) is 0.750. The number of carbonyl (C=O) groups excluding carboxylic acids is 1. The number of hydrogen-bond donors (Lipinski definition) is 2. The third kappa shape index (κ3) is 3.29. The second kappa shape index (κ2) is 4.68. The summed E-state index contributed by atoms with van der Waals surface area (Å²) in [6.07, 6.45) is 2.42. The second-order valence-corrected chi connectivity index (χ2v) is 5.94. The van der Waals surface area contributed by atoms with E-state index in [1.54, 1.807) is 0 Å². The molecule has 0 aromatic carbocycles. The van der Waals surface area contributed by atoms with Crippen LogP contribution in [-0.4, -0.2) is 22.1 Å². The monoisotopic (exact) mass is 252 g/mol. The molecular formula is C12H20N4O2. The Balaban J connectivity index is 1.86. The molecule has 3 N–H and O–H groups in total. The number of nitrogens with two attached hydrogens (primary N) is 1. The van der Waals surface area contributed by atoms with Crippen LogP contribution in [0.2, 0.25) is 0 Å². The van der Waals surface area contributed by atoms with E-state index >= 15 is 0 Å². The van der Waals surface area contributed by atoms with Gasteiger partial charge in [0.2, 0.25) is 11.8 Å². The molecule has 1 unspecified atom stereocenters. The van der Waals surface area contributed by atoms with E-state index in [2.05, 4.69) is 15.5 Å². The first-order valence-corrected chi connectivity index (χ1v) is 6.25. The van der Waals surface area contributed by atoms with Crippen LogP contribution in [0.5, 0.6) is 0 Å². The van der Waals surface area contributed by atoms with Gasteiger partial charge < -0.3 is 10.2 Å². The van der Waals surface area contributed by atoms with Crippen molar-refractivity contribution in [2.45, 2.75) is 52.0 Å². The highest BCUT2D eigenvalue weighted by Gasteiger charge is 2.30. The van der Waals surface area contributed by atoms with Crippen molar-refractivity contribution in [3.05, 3.63) is 5.89 Å². The summed E-state index contributed by atoms with van der Waals surface area (Å²) in [6.45, 7) is 6.01. The number of rotatable bonds is 4. The Labute approximate surface area is 106 Å². The van der Waals surface area contributed by atoms with E-state index in [0.29, 0.717) is 11.8 Å². The minimum Gasteiger partial charge on any atom is -0.408 e. The Morgan fingerprint density at radius 3 is 2.72 bits per heavy atom. The molecule has 1 saturated carbocycles. The molecule has 1 heterocycles. The van der Waals surface area contributed by atoms with Crippen molar-refractivity contribution < 1.29 is 9.21 Å². The summed E-state index contributed by atoms with van der Waals surface area (Å²) in [4.78, 5) is 11.7. The van der Waals surface area contributed by atoms with Crippen molar-refractivity contribution in [2.75, 3.05) is 5.32 Å². The Morgan fingerprint density at radius 1 is 1.50 bits per heavy atom. The maximum atomic E-state index is 11.7. The molecule has 6 heteroatoms. The van der Waals surface area contributed by atoms with Gasteiger partial charge >= 0.3 is 6.01 Å². The van der Waals surface area contributed by atoms with Crippen LogP contribution in [0.25, 0.3) is 0 Å². The van der Waals surface area contributed by atoms with Crippen LogP contribution in [0.1, 0.15) is 51.8 Å². The molecule has 1 aromatic heterocycles. The Hall–Kier alpha value is -1.43. The van der Waals surface area contributed by atoms with Gasteiger partial charge in [0.05, 0.1) is 0 Å². The summed E-state index contributed by atoms with van der Waals surface area (Å²) in [5, 5.41) is 10.3. The van der Waals surface area contributed by atoms with E-state index in [0.717, 1.165) is 12.8 Å². The van der Waals surface area contributed by atoms with Gasteiger partial charge in [-0.1, -0.05) is 25.9 Å². The third-order valence-corrected chi connectivity index (χ3v) is 3.13. The molecule has 0 spiro atoms. The fourth-order valence-electron chi connectivity index (χ4n) is 1.46. The first kappa shape index (κ1) is 13.0. The normalized spacial score (nSPS) is 17.6. The van der Waals surface area contributed by atoms with E-state index in [4.69, 9.17) is 10.2 Å². The average Bonchev–Trinajstić information content (AvgIpc) is 2.99. The van der Waals surface area contributed by atoms with Gasteiger partial charge in [-0.2, -0.15) is 0 Å². The first-order valence-electron chi connectivity index (χ1n) is 6.25. The summed E-state index contributed by atoms with van der Waals surface area (Å²) < 4.78 is 5.35. The van der Waals surface area contributed by atoms with Crippen molar-refractivity contribution in [2.24, 2.45) is 11.1 Å². The van der Waals surface area contributed by atoms with Crippen LogP contribution >= 0.6 is 0 Å².